The molecule has 32 heavy (non-hydrogen) atoms. The van der Waals surface area contributed by atoms with Crippen molar-refractivity contribution in [2.75, 3.05) is 20.1 Å². The maximum Gasteiger partial charge on any atom is 0.237 e. The molecule has 10 nitrogen and oxygen atoms in total. The Bertz CT molecular complexity index is 1140. The zero-order valence-electron chi connectivity index (χ0n) is 17.1. The Morgan fingerprint density at radius 3 is 2.16 bits per heavy atom. The van der Waals surface area contributed by atoms with E-state index in [2.05, 4.69) is 15.4 Å². The Kier molecular flexibility index (Phi) is 5.53. The maximum absolute atomic E-state index is 12.7. The van der Waals surface area contributed by atoms with Gasteiger partial charge in [-0.15, -0.1) is 0 Å². The average molecular weight is 461 g/mol. The lowest BCUT2D eigenvalue weighted by Crippen LogP contribution is -2.40. The fourth-order valence-corrected chi connectivity index (χ4v) is 5.22. The number of hydrogen-bond donors (Lipinski definition) is 3. The van der Waals surface area contributed by atoms with Crippen molar-refractivity contribution in [3.05, 3.63) is 47.5 Å². The average Bonchev–Trinajstić information content (AvgIpc) is 3.55. The van der Waals surface area contributed by atoms with Gasteiger partial charge in [-0.25, -0.2) is 13.1 Å². The summed E-state index contributed by atoms with van der Waals surface area (Å²) < 4.78 is 49.3. The molecule has 1 amide bonds. The first kappa shape index (κ1) is 20.9. The van der Waals surface area contributed by atoms with Crippen LogP contribution in [-0.2, 0) is 27.9 Å². The van der Waals surface area contributed by atoms with Gasteiger partial charge < -0.3 is 29.6 Å². The highest BCUT2D eigenvalue weighted by atomic mass is 32.2. The molecule has 3 heterocycles. The summed E-state index contributed by atoms with van der Waals surface area (Å²) in [7, 11) is -3.61. The summed E-state index contributed by atoms with van der Waals surface area (Å²) in [5.74, 6) is 2.33. The van der Waals surface area contributed by atoms with Crippen molar-refractivity contribution in [2.24, 2.45) is 0 Å². The Morgan fingerprint density at radius 2 is 1.50 bits per heavy atom. The van der Waals surface area contributed by atoms with Crippen LogP contribution >= 0.6 is 0 Å². The second-order valence-corrected chi connectivity index (χ2v) is 9.82. The van der Waals surface area contributed by atoms with E-state index >= 15 is 0 Å². The van der Waals surface area contributed by atoms with Gasteiger partial charge in [-0.2, -0.15) is 0 Å². The molecule has 3 aliphatic rings. The Balaban J connectivity index is 1.12. The van der Waals surface area contributed by atoms with Crippen molar-refractivity contribution in [3.63, 3.8) is 0 Å². The predicted octanol–water partition coefficient (Wildman–Crippen LogP) is 0.610. The second kappa shape index (κ2) is 8.49. The first-order valence-electron chi connectivity index (χ1n) is 10.2. The Labute approximate surface area is 185 Å². The molecule has 11 heteroatoms. The van der Waals surface area contributed by atoms with Crippen molar-refractivity contribution in [3.8, 4) is 23.0 Å². The molecule has 0 aliphatic carbocycles. The van der Waals surface area contributed by atoms with Gasteiger partial charge in [0.2, 0.25) is 29.5 Å². The van der Waals surface area contributed by atoms with Crippen LogP contribution in [0, 0.1) is 0 Å². The van der Waals surface area contributed by atoms with Crippen LogP contribution in [0.25, 0.3) is 0 Å². The van der Waals surface area contributed by atoms with Crippen molar-refractivity contribution in [2.45, 2.75) is 30.8 Å². The van der Waals surface area contributed by atoms with Crippen LogP contribution in [0.5, 0.6) is 23.0 Å². The van der Waals surface area contributed by atoms with Crippen LogP contribution in [0.1, 0.15) is 17.5 Å². The van der Waals surface area contributed by atoms with E-state index < -0.39 is 21.3 Å². The van der Waals surface area contributed by atoms with Crippen LogP contribution in [-0.4, -0.2) is 45.7 Å². The molecule has 0 aromatic heterocycles. The molecule has 3 N–H and O–H groups in total. The van der Waals surface area contributed by atoms with E-state index in [1.807, 2.05) is 12.1 Å². The van der Waals surface area contributed by atoms with Gasteiger partial charge in [0, 0.05) is 19.6 Å². The SMILES string of the molecule is O=C(NCc1ccc2c(c1)OCO2)C1CC(S(=O)(=O)NCc2ccc3c(c2)OCO3)CN1. The molecule has 0 radical (unpaired) electrons. The fourth-order valence-electron chi connectivity index (χ4n) is 3.86. The van der Waals surface area contributed by atoms with Crippen LogP contribution < -0.4 is 34.3 Å². The molecule has 3 aliphatic heterocycles. The molecule has 2 aromatic carbocycles. The van der Waals surface area contributed by atoms with E-state index in [1.165, 1.54) is 0 Å². The van der Waals surface area contributed by atoms with E-state index in [9.17, 15) is 13.2 Å². The van der Waals surface area contributed by atoms with E-state index in [0.29, 0.717) is 29.5 Å². The molecular weight excluding hydrogens is 438 g/mol. The van der Waals surface area contributed by atoms with Gasteiger partial charge in [0.1, 0.15) is 0 Å². The van der Waals surface area contributed by atoms with Gasteiger partial charge in [-0.3, -0.25) is 4.79 Å². The van der Waals surface area contributed by atoms with Crippen LogP contribution in [0.15, 0.2) is 36.4 Å². The molecule has 1 saturated heterocycles. The van der Waals surface area contributed by atoms with Gasteiger partial charge in [0.05, 0.1) is 11.3 Å². The minimum atomic E-state index is -3.61. The monoisotopic (exact) mass is 461 g/mol. The number of nitrogens with one attached hydrogen (secondary N) is 3. The first-order valence-corrected chi connectivity index (χ1v) is 11.8. The number of sulfonamides is 1. The maximum atomic E-state index is 12.7. The number of rotatable bonds is 7. The largest absolute Gasteiger partial charge is 0.454 e. The highest BCUT2D eigenvalue weighted by Crippen LogP contribution is 2.33. The second-order valence-electron chi connectivity index (χ2n) is 7.78. The number of hydrogen-bond acceptors (Lipinski definition) is 8. The molecule has 2 unspecified atom stereocenters. The van der Waals surface area contributed by atoms with Crippen LogP contribution in [0.4, 0.5) is 0 Å². The van der Waals surface area contributed by atoms with Gasteiger partial charge >= 0.3 is 0 Å². The minimum absolute atomic E-state index is 0.135. The first-order chi connectivity index (χ1) is 15.5. The standard InChI is InChI=1S/C21H23N3O7S/c25-21(23-8-13-1-3-17-19(5-13)30-11-28-17)16-7-15(10-22-16)32(26,27)24-9-14-2-4-18-20(6-14)31-12-29-18/h1-6,15-16,22,24H,7-12H2,(H,23,25). The predicted molar refractivity (Wildman–Crippen MR) is 113 cm³/mol. The van der Waals surface area contributed by atoms with Gasteiger partial charge in [-0.05, 0) is 41.8 Å². The molecule has 170 valence electrons. The molecule has 1 fully saturated rings. The van der Waals surface area contributed by atoms with Crippen LogP contribution in [0.3, 0.4) is 0 Å². The van der Waals surface area contributed by atoms with E-state index in [-0.39, 0.29) is 39.0 Å². The zero-order chi connectivity index (χ0) is 22.1. The molecular formula is C21H23N3O7S. The van der Waals surface area contributed by atoms with E-state index in [1.54, 1.807) is 24.3 Å². The molecule has 2 atom stereocenters. The van der Waals surface area contributed by atoms with Gasteiger partial charge in [-0.1, -0.05) is 12.1 Å². The fraction of sp³-hybridized carbons (Fsp3) is 0.381. The number of carbonyl (C=O) groups excluding carboxylic acids is 1. The minimum Gasteiger partial charge on any atom is -0.454 e. The highest BCUT2D eigenvalue weighted by Gasteiger charge is 2.37. The lowest BCUT2D eigenvalue weighted by molar-refractivity contribution is -0.122. The smallest absolute Gasteiger partial charge is 0.237 e. The lowest BCUT2D eigenvalue weighted by Gasteiger charge is -2.13. The number of fused-ring (bicyclic) bond motifs is 2. The summed E-state index contributed by atoms with van der Waals surface area (Å²) in [6.45, 7) is 1.01. The molecule has 5 rings (SSSR count). The summed E-state index contributed by atoms with van der Waals surface area (Å²) >= 11 is 0. The topological polar surface area (TPSA) is 124 Å². The summed E-state index contributed by atoms with van der Waals surface area (Å²) in [5, 5.41) is 5.16. The normalized spacial score (nSPS) is 21.0. The summed E-state index contributed by atoms with van der Waals surface area (Å²) in [4.78, 5) is 12.5. The quantitative estimate of drug-likeness (QED) is 0.548. The van der Waals surface area contributed by atoms with Crippen molar-refractivity contribution in [1.82, 2.24) is 15.4 Å². The summed E-state index contributed by atoms with van der Waals surface area (Å²) in [6.07, 6.45) is 0.198. The Hall–Kier alpha value is -3.02. The molecule has 0 saturated carbocycles. The van der Waals surface area contributed by atoms with E-state index in [4.69, 9.17) is 18.9 Å². The third-order valence-corrected chi connectivity index (χ3v) is 7.45. The molecule has 2 aromatic rings. The van der Waals surface area contributed by atoms with Gasteiger partial charge in [0.15, 0.2) is 23.0 Å². The number of carbonyl (C=O) groups is 1. The van der Waals surface area contributed by atoms with Crippen molar-refractivity contribution >= 4 is 15.9 Å². The summed E-state index contributed by atoms with van der Waals surface area (Å²) in [6, 6.07) is 10.2. The van der Waals surface area contributed by atoms with Crippen LogP contribution in [0.2, 0.25) is 0 Å². The Morgan fingerprint density at radius 1 is 0.906 bits per heavy atom. The lowest BCUT2D eigenvalue weighted by atomic mass is 10.2. The third-order valence-electron chi connectivity index (χ3n) is 5.66. The number of amides is 1. The third kappa shape index (κ3) is 4.31. The van der Waals surface area contributed by atoms with Gasteiger partial charge in [0.25, 0.3) is 0 Å². The molecule has 0 bridgehead atoms. The van der Waals surface area contributed by atoms with Crippen molar-refractivity contribution < 1.29 is 32.2 Å². The number of ether oxygens (including phenoxy) is 4. The van der Waals surface area contributed by atoms with Crippen molar-refractivity contribution in [1.29, 1.82) is 0 Å². The summed E-state index contributed by atoms with van der Waals surface area (Å²) in [5.41, 5.74) is 1.64. The molecule has 0 spiro atoms. The number of benzene rings is 2. The zero-order valence-corrected chi connectivity index (χ0v) is 17.9. The highest BCUT2D eigenvalue weighted by molar-refractivity contribution is 7.90. The van der Waals surface area contributed by atoms with E-state index in [0.717, 1.165) is 11.1 Å².